The van der Waals surface area contributed by atoms with Crippen molar-refractivity contribution >= 4 is 10.9 Å². The van der Waals surface area contributed by atoms with Crippen LogP contribution >= 0.6 is 0 Å². The average Bonchev–Trinajstić information content (AvgIpc) is 2.16. The molecule has 0 saturated carbocycles. The fraction of sp³-hybridized carbons (Fsp3) is 0.0909. The molecular weight excluding hydrogens is 160 g/mol. The highest BCUT2D eigenvalue weighted by molar-refractivity contribution is 5.75. The molecule has 2 nitrogen and oxygen atoms in total. The molecule has 0 N–H and O–H groups in total. The Morgan fingerprint density at radius 2 is 2.08 bits per heavy atom. The summed E-state index contributed by atoms with van der Waals surface area (Å²) in [7, 11) is 0. The van der Waals surface area contributed by atoms with Crippen molar-refractivity contribution in [3.05, 3.63) is 42.1 Å². The van der Waals surface area contributed by atoms with Gasteiger partial charge in [0.1, 0.15) is 11.7 Å². The number of fused-ring (bicyclic) bond motifs is 1. The summed E-state index contributed by atoms with van der Waals surface area (Å²) in [6.07, 6.45) is 3.96. The fourth-order valence-corrected chi connectivity index (χ4v) is 1.47. The molecule has 0 aliphatic carbocycles. The lowest BCUT2D eigenvalue weighted by Gasteiger charge is -1.97. The van der Waals surface area contributed by atoms with Gasteiger partial charge in [0.15, 0.2) is 5.26 Å². The summed E-state index contributed by atoms with van der Waals surface area (Å²) in [6, 6.07) is 9.94. The molecule has 2 aromatic rings. The molecule has 2 heteroatoms. The van der Waals surface area contributed by atoms with Crippen LogP contribution in [0, 0.1) is 18.4 Å². The van der Waals surface area contributed by atoms with E-state index in [9.17, 15) is 0 Å². The summed E-state index contributed by atoms with van der Waals surface area (Å²) in [5.74, 6) is 0. The number of nitrogens with zero attached hydrogens (tertiary/aromatic N) is 2. The van der Waals surface area contributed by atoms with Crippen LogP contribution < -0.4 is 4.57 Å². The SMILES string of the molecule is Cc1cc2ccccc2[n+](C#N)c1. The molecular formula is C11H9N2+. The molecule has 0 bridgehead atoms. The monoisotopic (exact) mass is 169 g/mol. The second kappa shape index (κ2) is 2.87. The predicted molar refractivity (Wildman–Crippen MR) is 49.9 cm³/mol. The number of rotatable bonds is 0. The van der Waals surface area contributed by atoms with Crippen molar-refractivity contribution in [2.45, 2.75) is 6.92 Å². The van der Waals surface area contributed by atoms with E-state index in [-0.39, 0.29) is 0 Å². The van der Waals surface area contributed by atoms with Gasteiger partial charge < -0.3 is 0 Å². The lowest BCUT2D eigenvalue weighted by Crippen LogP contribution is -2.28. The van der Waals surface area contributed by atoms with Crippen molar-refractivity contribution in [2.24, 2.45) is 0 Å². The van der Waals surface area contributed by atoms with Crippen LogP contribution in [0.3, 0.4) is 0 Å². The second-order valence-electron chi connectivity index (χ2n) is 3.05. The first-order chi connectivity index (χ1) is 6.31. The predicted octanol–water partition coefficient (Wildman–Crippen LogP) is 1.76. The highest BCUT2D eigenvalue weighted by Crippen LogP contribution is 2.09. The zero-order valence-electron chi connectivity index (χ0n) is 7.36. The molecule has 1 aromatic heterocycles. The first-order valence-corrected chi connectivity index (χ1v) is 4.12. The average molecular weight is 169 g/mol. The minimum absolute atomic E-state index is 0.954. The Balaban J connectivity index is 2.91. The molecule has 1 aromatic carbocycles. The third kappa shape index (κ3) is 1.25. The maximum absolute atomic E-state index is 8.87. The van der Waals surface area contributed by atoms with E-state index in [1.165, 1.54) is 0 Å². The van der Waals surface area contributed by atoms with Crippen molar-refractivity contribution < 1.29 is 4.57 Å². The highest BCUT2D eigenvalue weighted by atomic mass is 14.9. The minimum Gasteiger partial charge on any atom is -0.141 e. The Labute approximate surface area is 76.7 Å². The van der Waals surface area contributed by atoms with E-state index in [1.54, 1.807) is 4.57 Å². The number of para-hydroxylation sites is 1. The van der Waals surface area contributed by atoms with E-state index in [1.807, 2.05) is 37.4 Å². The third-order valence-corrected chi connectivity index (χ3v) is 2.02. The normalized spacial score (nSPS) is 9.85. The number of aryl methyl sites for hydroxylation is 1. The molecule has 13 heavy (non-hydrogen) atoms. The zero-order valence-corrected chi connectivity index (χ0v) is 7.36. The summed E-state index contributed by atoms with van der Waals surface area (Å²) in [5.41, 5.74) is 2.05. The van der Waals surface area contributed by atoms with Gasteiger partial charge in [0, 0.05) is 5.39 Å². The maximum atomic E-state index is 8.87. The molecule has 1 heterocycles. The summed E-state index contributed by atoms with van der Waals surface area (Å²) < 4.78 is 1.59. The number of pyridine rings is 1. The fourth-order valence-electron chi connectivity index (χ4n) is 1.47. The van der Waals surface area contributed by atoms with Crippen LogP contribution in [-0.4, -0.2) is 0 Å². The highest BCUT2D eigenvalue weighted by Gasteiger charge is 2.04. The van der Waals surface area contributed by atoms with Gasteiger partial charge in [0.2, 0.25) is 0 Å². The van der Waals surface area contributed by atoms with Gasteiger partial charge in [-0.15, -0.1) is 4.57 Å². The van der Waals surface area contributed by atoms with Crippen molar-refractivity contribution in [1.82, 2.24) is 0 Å². The molecule has 0 aliphatic rings. The molecule has 2 rings (SSSR count). The summed E-state index contributed by atoms with van der Waals surface area (Å²) in [6.45, 7) is 1.99. The van der Waals surface area contributed by atoms with Gasteiger partial charge in [-0.25, -0.2) is 0 Å². The Hall–Kier alpha value is -1.88. The Morgan fingerprint density at radius 1 is 1.31 bits per heavy atom. The van der Waals surface area contributed by atoms with Crippen LogP contribution in [0.1, 0.15) is 5.56 Å². The minimum atomic E-state index is 0.954. The Bertz CT molecular complexity index is 495. The van der Waals surface area contributed by atoms with Crippen molar-refractivity contribution in [2.75, 3.05) is 0 Å². The first-order valence-electron chi connectivity index (χ1n) is 4.12. The molecule has 0 unspecified atom stereocenters. The van der Waals surface area contributed by atoms with Crippen LogP contribution in [0.25, 0.3) is 10.9 Å². The van der Waals surface area contributed by atoms with Crippen LogP contribution in [0.15, 0.2) is 36.5 Å². The zero-order chi connectivity index (χ0) is 9.26. The molecule has 0 amide bonds. The molecule has 0 radical (unpaired) electrons. The Morgan fingerprint density at radius 3 is 2.85 bits per heavy atom. The molecule has 0 spiro atoms. The molecule has 0 saturated heterocycles. The second-order valence-corrected chi connectivity index (χ2v) is 3.05. The smallest absolute Gasteiger partial charge is 0.141 e. The molecule has 0 fully saturated rings. The van der Waals surface area contributed by atoms with Gasteiger partial charge in [-0.05, 0) is 24.6 Å². The van der Waals surface area contributed by atoms with Crippen LogP contribution in [0.5, 0.6) is 0 Å². The van der Waals surface area contributed by atoms with Gasteiger partial charge in [-0.3, -0.25) is 0 Å². The van der Waals surface area contributed by atoms with E-state index in [0.717, 1.165) is 16.5 Å². The first kappa shape index (κ1) is 7.75. The van der Waals surface area contributed by atoms with Crippen LogP contribution in [0.4, 0.5) is 0 Å². The number of hydrogen-bond donors (Lipinski definition) is 0. The molecule has 62 valence electrons. The largest absolute Gasteiger partial charge is 0.464 e. The number of nitriles is 1. The van der Waals surface area contributed by atoms with Gasteiger partial charge in [0.25, 0.3) is 0 Å². The van der Waals surface area contributed by atoms with Gasteiger partial charge in [0.05, 0.1) is 0 Å². The topological polar surface area (TPSA) is 27.7 Å². The van der Waals surface area contributed by atoms with Crippen LogP contribution in [0.2, 0.25) is 0 Å². The van der Waals surface area contributed by atoms with E-state index < -0.39 is 0 Å². The van der Waals surface area contributed by atoms with Gasteiger partial charge >= 0.3 is 6.19 Å². The lowest BCUT2D eigenvalue weighted by atomic mass is 10.2. The summed E-state index contributed by atoms with van der Waals surface area (Å²) >= 11 is 0. The lowest BCUT2D eigenvalue weighted by molar-refractivity contribution is -0.558. The standard InChI is InChI=1S/C11H9N2/c1-9-6-10-4-2-3-5-11(10)13(7-9)8-12/h2-7H,1H3/q+1. The maximum Gasteiger partial charge on any atom is 0.464 e. The van der Waals surface area contributed by atoms with Gasteiger partial charge in [-0.1, -0.05) is 18.2 Å². The quantitative estimate of drug-likeness (QED) is 0.552. The van der Waals surface area contributed by atoms with Crippen LogP contribution in [-0.2, 0) is 0 Å². The van der Waals surface area contributed by atoms with E-state index in [4.69, 9.17) is 5.26 Å². The number of hydrogen-bond acceptors (Lipinski definition) is 1. The van der Waals surface area contributed by atoms with E-state index in [2.05, 4.69) is 12.3 Å². The molecule has 0 aliphatic heterocycles. The van der Waals surface area contributed by atoms with Crippen molar-refractivity contribution in [3.8, 4) is 6.19 Å². The number of benzene rings is 1. The molecule has 0 atom stereocenters. The summed E-state index contributed by atoms with van der Waals surface area (Å²) in [4.78, 5) is 0. The van der Waals surface area contributed by atoms with E-state index in [0.29, 0.717) is 0 Å². The Kier molecular flexibility index (Phi) is 1.71. The number of aromatic nitrogens is 1. The third-order valence-electron chi connectivity index (χ3n) is 2.02. The van der Waals surface area contributed by atoms with Crippen molar-refractivity contribution in [1.29, 1.82) is 5.26 Å². The van der Waals surface area contributed by atoms with E-state index >= 15 is 0 Å². The van der Waals surface area contributed by atoms with Gasteiger partial charge in [-0.2, -0.15) is 0 Å². The summed E-state index contributed by atoms with van der Waals surface area (Å²) in [5, 5.41) is 9.97. The van der Waals surface area contributed by atoms with Crippen molar-refractivity contribution in [3.63, 3.8) is 0 Å².